The average Bonchev–Trinajstić information content (AvgIpc) is 2.95. The number of benzene rings is 1. The van der Waals surface area contributed by atoms with Gasteiger partial charge >= 0.3 is 0 Å². The molecule has 0 saturated carbocycles. The van der Waals surface area contributed by atoms with Crippen LogP contribution in [0.25, 0.3) is 11.3 Å². The predicted octanol–water partition coefficient (Wildman–Crippen LogP) is 2.68. The Morgan fingerprint density at radius 3 is 2.58 bits per heavy atom. The van der Waals surface area contributed by atoms with Gasteiger partial charge in [0.25, 0.3) is 10.0 Å². The minimum Gasteiger partial charge on any atom is -0.477 e. The van der Waals surface area contributed by atoms with E-state index in [-0.39, 0.29) is 4.90 Å². The normalized spacial score (nSPS) is 11.3. The van der Waals surface area contributed by atoms with E-state index in [0.29, 0.717) is 35.3 Å². The highest BCUT2D eigenvalue weighted by Gasteiger charge is 2.22. The summed E-state index contributed by atoms with van der Waals surface area (Å²) in [6.45, 7) is 5.69. The molecule has 3 aromatic rings. The second-order valence-electron chi connectivity index (χ2n) is 5.64. The van der Waals surface area contributed by atoms with Crippen molar-refractivity contribution in [3.8, 4) is 17.1 Å². The Bertz CT molecular complexity index is 994. The molecule has 0 radical (unpaired) electrons. The van der Waals surface area contributed by atoms with Crippen molar-refractivity contribution in [2.24, 2.45) is 0 Å². The molecule has 8 nitrogen and oxygen atoms in total. The summed E-state index contributed by atoms with van der Waals surface area (Å²) >= 11 is 0. The molecule has 3 rings (SSSR count). The molecule has 1 aromatic carbocycles. The van der Waals surface area contributed by atoms with Crippen LogP contribution in [0, 0.1) is 13.8 Å². The van der Waals surface area contributed by atoms with Crippen molar-refractivity contribution >= 4 is 15.7 Å². The Kier molecular flexibility index (Phi) is 4.90. The molecule has 0 unspecified atom stereocenters. The van der Waals surface area contributed by atoms with Gasteiger partial charge in [0.15, 0.2) is 0 Å². The number of nitrogens with one attached hydrogen (secondary N) is 2. The summed E-state index contributed by atoms with van der Waals surface area (Å²) in [7, 11) is -3.74. The molecule has 9 heteroatoms. The van der Waals surface area contributed by atoms with Gasteiger partial charge in [-0.2, -0.15) is 5.10 Å². The topological polar surface area (TPSA) is 110 Å². The second kappa shape index (κ2) is 7.12. The minimum absolute atomic E-state index is 0.156. The highest BCUT2D eigenvalue weighted by molar-refractivity contribution is 7.92. The maximum absolute atomic E-state index is 12.7. The molecule has 0 aliphatic rings. The Labute approximate surface area is 151 Å². The Hall–Kier alpha value is -2.94. The third-order valence-corrected chi connectivity index (χ3v) is 5.32. The molecule has 136 valence electrons. The molecular formula is C17H19N5O3S. The van der Waals surface area contributed by atoms with Gasteiger partial charge in [0, 0.05) is 17.3 Å². The lowest BCUT2D eigenvalue weighted by Crippen LogP contribution is -2.14. The first-order valence-electron chi connectivity index (χ1n) is 8.02. The number of aryl methyl sites for hydroxylation is 2. The van der Waals surface area contributed by atoms with Crippen molar-refractivity contribution in [1.82, 2.24) is 20.4 Å². The lowest BCUT2D eigenvalue weighted by molar-refractivity contribution is 0.323. The van der Waals surface area contributed by atoms with E-state index in [1.165, 1.54) is 0 Å². The van der Waals surface area contributed by atoms with Crippen LogP contribution in [0.5, 0.6) is 5.88 Å². The van der Waals surface area contributed by atoms with Gasteiger partial charge in [-0.3, -0.25) is 9.82 Å². The van der Waals surface area contributed by atoms with E-state index >= 15 is 0 Å². The number of rotatable bonds is 6. The van der Waals surface area contributed by atoms with Crippen LogP contribution in [0.2, 0.25) is 0 Å². The Morgan fingerprint density at radius 1 is 1.15 bits per heavy atom. The molecule has 0 bridgehead atoms. The zero-order valence-electron chi connectivity index (χ0n) is 14.6. The molecular weight excluding hydrogens is 354 g/mol. The number of hydrogen-bond acceptors (Lipinski definition) is 6. The molecule has 0 atom stereocenters. The molecule has 0 saturated heterocycles. The third-order valence-electron chi connectivity index (χ3n) is 3.67. The van der Waals surface area contributed by atoms with Crippen LogP contribution in [-0.2, 0) is 10.0 Å². The highest BCUT2D eigenvalue weighted by atomic mass is 32.2. The van der Waals surface area contributed by atoms with E-state index in [9.17, 15) is 8.42 Å². The maximum Gasteiger partial charge on any atom is 0.265 e. The summed E-state index contributed by atoms with van der Waals surface area (Å²) in [5, 5.41) is 14.7. The van der Waals surface area contributed by atoms with E-state index in [1.807, 2.05) is 13.0 Å². The molecule has 0 fully saturated rings. The van der Waals surface area contributed by atoms with Crippen molar-refractivity contribution in [1.29, 1.82) is 0 Å². The van der Waals surface area contributed by atoms with Gasteiger partial charge in [-0.15, -0.1) is 10.2 Å². The number of hydrogen-bond donors (Lipinski definition) is 2. The van der Waals surface area contributed by atoms with Crippen LogP contribution in [0.1, 0.15) is 18.3 Å². The predicted molar refractivity (Wildman–Crippen MR) is 97.5 cm³/mol. The fourth-order valence-electron chi connectivity index (χ4n) is 2.58. The van der Waals surface area contributed by atoms with Crippen molar-refractivity contribution < 1.29 is 13.2 Å². The number of sulfonamides is 1. The largest absolute Gasteiger partial charge is 0.477 e. The van der Waals surface area contributed by atoms with Gasteiger partial charge < -0.3 is 4.74 Å². The van der Waals surface area contributed by atoms with E-state index in [4.69, 9.17) is 4.74 Å². The molecule has 0 amide bonds. The number of aromatic amines is 1. The minimum atomic E-state index is -3.74. The lowest BCUT2D eigenvalue weighted by atomic mass is 10.1. The summed E-state index contributed by atoms with van der Waals surface area (Å²) in [4.78, 5) is 0.156. The van der Waals surface area contributed by atoms with E-state index in [1.54, 1.807) is 44.2 Å². The van der Waals surface area contributed by atoms with Gasteiger partial charge in [-0.25, -0.2) is 8.42 Å². The van der Waals surface area contributed by atoms with Crippen molar-refractivity contribution in [3.05, 3.63) is 47.8 Å². The quantitative estimate of drug-likeness (QED) is 0.687. The summed E-state index contributed by atoms with van der Waals surface area (Å²) in [5.41, 5.74) is 2.69. The molecule has 2 N–H and O–H groups in total. The molecule has 2 aromatic heterocycles. The van der Waals surface area contributed by atoms with Crippen LogP contribution in [-0.4, -0.2) is 35.4 Å². The molecule has 0 aliphatic carbocycles. The monoisotopic (exact) mass is 373 g/mol. The van der Waals surface area contributed by atoms with Crippen LogP contribution in [0.4, 0.5) is 5.69 Å². The standard InChI is InChI=1S/C17H19N5O3S/c1-4-25-16-9-8-15(20-21-16)13-6-5-7-14(10-13)22-26(23,24)17-11(2)18-19-12(17)3/h5-10,22H,4H2,1-3H3,(H,18,19). The number of ether oxygens (including phenoxy) is 1. The number of aromatic nitrogens is 4. The highest BCUT2D eigenvalue weighted by Crippen LogP contribution is 2.25. The molecule has 26 heavy (non-hydrogen) atoms. The SMILES string of the molecule is CCOc1ccc(-c2cccc(NS(=O)(=O)c3c(C)n[nH]c3C)c2)nn1. The fourth-order valence-corrected chi connectivity index (χ4v) is 4.01. The van der Waals surface area contributed by atoms with Crippen LogP contribution in [0.3, 0.4) is 0 Å². The van der Waals surface area contributed by atoms with Gasteiger partial charge in [0.05, 0.1) is 23.7 Å². The summed E-state index contributed by atoms with van der Waals surface area (Å²) < 4.78 is 33.2. The van der Waals surface area contributed by atoms with Gasteiger partial charge in [-0.05, 0) is 39.0 Å². The van der Waals surface area contributed by atoms with Crippen LogP contribution < -0.4 is 9.46 Å². The van der Waals surface area contributed by atoms with Gasteiger partial charge in [0.2, 0.25) is 5.88 Å². The van der Waals surface area contributed by atoms with Crippen molar-refractivity contribution in [3.63, 3.8) is 0 Å². The number of nitrogens with zero attached hydrogens (tertiary/aromatic N) is 3. The first kappa shape index (κ1) is 17.9. The lowest BCUT2D eigenvalue weighted by Gasteiger charge is -2.10. The fraction of sp³-hybridized carbons (Fsp3) is 0.235. The Balaban J connectivity index is 1.88. The van der Waals surface area contributed by atoms with Crippen LogP contribution in [0.15, 0.2) is 41.3 Å². The number of anilines is 1. The second-order valence-corrected chi connectivity index (χ2v) is 7.26. The molecule has 0 spiro atoms. The van der Waals surface area contributed by atoms with Crippen molar-refractivity contribution in [2.75, 3.05) is 11.3 Å². The van der Waals surface area contributed by atoms with E-state index in [0.717, 1.165) is 5.56 Å². The van der Waals surface area contributed by atoms with Crippen molar-refractivity contribution in [2.45, 2.75) is 25.7 Å². The summed E-state index contributed by atoms with van der Waals surface area (Å²) in [5.74, 6) is 0.444. The number of H-pyrrole nitrogens is 1. The van der Waals surface area contributed by atoms with Crippen LogP contribution >= 0.6 is 0 Å². The molecule has 0 aliphatic heterocycles. The van der Waals surface area contributed by atoms with E-state index < -0.39 is 10.0 Å². The average molecular weight is 373 g/mol. The zero-order valence-corrected chi connectivity index (χ0v) is 15.5. The van der Waals surface area contributed by atoms with E-state index in [2.05, 4.69) is 25.1 Å². The van der Waals surface area contributed by atoms with Gasteiger partial charge in [-0.1, -0.05) is 12.1 Å². The summed E-state index contributed by atoms with van der Waals surface area (Å²) in [6, 6.07) is 10.5. The first-order valence-corrected chi connectivity index (χ1v) is 9.50. The van der Waals surface area contributed by atoms with Gasteiger partial charge in [0.1, 0.15) is 4.90 Å². The smallest absolute Gasteiger partial charge is 0.265 e. The Morgan fingerprint density at radius 2 is 1.96 bits per heavy atom. The first-order chi connectivity index (χ1) is 12.4. The maximum atomic E-state index is 12.7. The zero-order chi connectivity index (χ0) is 18.7. The third kappa shape index (κ3) is 3.67. The summed E-state index contributed by atoms with van der Waals surface area (Å²) in [6.07, 6.45) is 0. The molecule has 2 heterocycles.